The lowest BCUT2D eigenvalue weighted by Gasteiger charge is -2.14. The first-order chi connectivity index (χ1) is 12.5. The first kappa shape index (κ1) is 19.8. The monoisotopic (exact) mass is 374 g/mol. The smallest absolute Gasteiger partial charge is 0.251 e. The van der Waals surface area contributed by atoms with Crippen molar-refractivity contribution in [1.29, 1.82) is 0 Å². The van der Waals surface area contributed by atoms with Crippen molar-refractivity contribution in [3.63, 3.8) is 0 Å². The molecule has 0 heterocycles. The van der Waals surface area contributed by atoms with Gasteiger partial charge in [-0.05, 0) is 55.3 Å². The summed E-state index contributed by atoms with van der Waals surface area (Å²) >= 11 is 5.84. The second-order valence-electron chi connectivity index (χ2n) is 5.93. The summed E-state index contributed by atoms with van der Waals surface area (Å²) in [6, 6.07) is 13.6. The van der Waals surface area contributed by atoms with Gasteiger partial charge in [0.15, 0.2) is 0 Å². The van der Waals surface area contributed by atoms with Gasteiger partial charge >= 0.3 is 0 Å². The Bertz CT molecular complexity index is 730. The molecule has 6 heteroatoms. The van der Waals surface area contributed by atoms with Crippen molar-refractivity contribution >= 4 is 23.4 Å². The minimum absolute atomic E-state index is 0.187. The molecule has 0 aromatic heterocycles. The van der Waals surface area contributed by atoms with Gasteiger partial charge in [0.05, 0.1) is 0 Å². The average molecular weight is 375 g/mol. The summed E-state index contributed by atoms with van der Waals surface area (Å²) < 4.78 is 5.67. The number of amides is 2. The average Bonchev–Trinajstić information content (AvgIpc) is 2.66. The predicted molar refractivity (Wildman–Crippen MR) is 102 cm³/mol. The van der Waals surface area contributed by atoms with Crippen molar-refractivity contribution < 1.29 is 14.3 Å². The molecule has 138 valence electrons. The van der Waals surface area contributed by atoms with Crippen molar-refractivity contribution in [3.05, 3.63) is 64.7 Å². The molecule has 2 N–H and O–H groups in total. The lowest BCUT2D eigenvalue weighted by atomic mass is 10.1. The van der Waals surface area contributed by atoms with E-state index >= 15 is 0 Å². The van der Waals surface area contributed by atoms with Crippen LogP contribution < -0.4 is 15.4 Å². The van der Waals surface area contributed by atoms with Crippen molar-refractivity contribution in [2.45, 2.75) is 32.9 Å². The maximum Gasteiger partial charge on any atom is 0.251 e. The minimum atomic E-state index is -0.582. The van der Waals surface area contributed by atoms with E-state index in [-0.39, 0.29) is 11.8 Å². The first-order valence-electron chi connectivity index (χ1n) is 8.55. The van der Waals surface area contributed by atoms with E-state index in [1.54, 1.807) is 43.3 Å². The van der Waals surface area contributed by atoms with Crippen LogP contribution in [0.1, 0.15) is 36.2 Å². The van der Waals surface area contributed by atoms with Crippen molar-refractivity contribution in [2.24, 2.45) is 0 Å². The molecular weight excluding hydrogens is 352 g/mol. The standard InChI is InChI=1S/C20H23ClN2O3/c1-3-12-22-19(24)14(2)23-20(25)16-6-4-15(5-7-16)13-26-18-10-8-17(21)9-11-18/h4-11,14H,3,12-13H2,1-2H3,(H,22,24)(H,23,25)/t14-/m0/s1. The fraction of sp³-hybridized carbons (Fsp3) is 0.300. The molecule has 0 saturated heterocycles. The molecule has 2 rings (SSSR count). The number of rotatable bonds is 8. The molecule has 0 radical (unpaired) electrons. The van der Waals surface area contributed by atoms with Gasteiger partial charge in [-0.15, -0.1) is 0 Å². The molecule has 0 saturated carbocycles. The highest BCUT2D eigenvalue weighted by Crippen LogP contribution is 2.17. The molecule has 0 bridgehead atoms. The summed E-state index contributed by atoms with van der Waals surface area (Å²) in [6.45, 7) is 4.62. The zero-order chi connectivity index (χ0) is 18.9. The van der Waals surface area contributed by atoms with Crippen LogP contribution >= 0.6 is 11.6 Å². The van der Waals surface area contributed by atoms with Crippen LogP contribution in [0.3, 0.4) is 0 Å². The molecule has 0 unspecified atom stereocenters. The molecule has 1 atom stereocenters. The fourth-order valence-corrected chi connectivity index (χ4v) is 2.32. The minimum Gasteiger partial charge on any atom is -0.489 e. The van der Waals surface area contributed by atoms with Crippen molar-refractivity contribution in [3.8, 4) is 5.75 Å². The molecule has 5 nitrogen and oxygen atoms in total. The summed E-state index contributed by atoms with van der Waals surface area (Å²) in [7, 11) is 0. The van der Waals surface area contributed by atoms with Crippen LogP contribution in [0.25, 0.3) is 0 Å². The third-order valence-electron chi connectivity index (χ3n) is 3.73. The highest BCUT2D eigenvalue weighted by atomic mass is 35.5. The van der Waals surface area contributed by atoms with E-state index in [0.717, 1.165) is 17.7 Å². The number of nitrogens with one attached hydrogen (secondary N) is 2. The zero-order valence-corrected chi connectivity index (χ0v) is 15.7. The van der Waals surface area contributed by atoms with Crippen LogP contribution in [0.4, 0.5) is 0 Å². The maximum absolute atomic E-state index is 12.2. The topological polar surface area (TPSA) is 67.4 Å². The number of halogens is 1. The van der Waals surface area contributed by atoms with Gasteiger partial charge in [-0.2, -0.15) is 0 Å². The van der Waals surface area contributed by atoms with Gasteiger partial charge in [0.2, 0.25) is 5.91 Å². The molecule has 2 amide bonds. The SMILES string of the molecule is CCCNC(=O)[C@H](C)NC(=O)c1ccc(COc2ccc(Cl)cc2)cc1. The maximum atomic E-state index is 12.2. The lowest BCUT2D eigenvalue weighted by molar-refractivity contribution is -0.122. The highest BCUT2D eigenvalue weighted by Gasteiger charge is 2.15. The Balaban J connectivity index is 1.86. The van der Waals surface area contributed by atoms with E-state index in [1.165, 1.54) is 0 Å². The van der Waals surface area contributed by atoms with Crippen LogP contribution in [0.5, 0.6) is 5.75 Å². The highest BCUT2D eigenvalue weighted by molar-refractivity contribution is 6.30. The largest absolute Gasteiger partial charge is 0.489 e. The van der Waals surface area contributed by atoms with E-state index in [2.05, 4.69) is 10.6 Å². The molecular formula is C20H23ClN2O3. The third kappa shape index (κ3) is 6.08. The van der Waals surface area contributed by atoms with Gasteiger partial charge in [0, 0.05) is 17.1 Å². The summed E-state index contributed by atoms with van der Waals surface area (Å²) in [6.07, 6.45) is 0.853. The van der Waals surface area contributed by atoms with Crippen LogP contribution in [0, 0.1) is 0 Å². The third-order valence-corrected chi connectivity index (χ3v) is 3.98. The number of carbonyl (C=O) groups excluding carboxylic acids is 2. The number of hydrogen-bond donors (Lipinski definition) is 2. The normalized spacial score (nSPS) is 11.5. The lowest BCUT2D eigenvalue weighted by Crippen LogP contribution is -2.45. The van der Waals surface area contributed by atoms with E-state index in [1.807, 2.05) is 19.1 Å². The Morgan fingerprint density at radius 3 is 2.35 bits per heavy atom. The Morgan fingerprint density at radius 1 is 1.08 bits per heavy atom. The van der Waals surface area contributed by atoms with Gasteiger partial charge < -0.3 is 15.4 Å². The van der Waals surface area contributed by atoms with Gasteiger partial charge in [-0.1, -0.05) is 30.7 Å². The van der Waals surface area contributed by atoms with Crippen LogP contribution in [-0.2, 0) is 11.4 Å². The Labute approximate surface area is 158 Å². The van der Waals surface area contributed by atoms with E-state index in [0.29, 0.717) is 23.7 Å². The summed E-state index contributed by atoms with van der Waals surface area (Å²) in [5, 5.41) is 6.11. The summed E-state index contributed by atoms with van der Waals surface area (Å²) in [4.78, 5) is 24.0. The Kier molecular flexibility index (Phi) is 7.48. The van der Waals surface area contributed by atoms with E-state index < -0.39 is 6.04 Å². The number of benzene rings is 2. The first-order valence-corrected chi connectivity index (χ1v) is 8.93. The van der Waals surface area contributed by atoms with Gasteiger partial charge in [0.1, 0.15) is 18.4 Å². The molecule has 0 fully saturated rings. The molecule has 0 aliphatic rings. The quantitative estimate of drug-likeness (QED) is 0.742. The molecule has 0 aliphatic heterocycles. The molecule has 2 aromatic carbocycles. The number of hydrogen-bond acceptors (Lipinski definition) is 3. The Morgan fingerprint density at radius 2 is 1.73 bits per heavy atom. The van der Waals surface area contributed by atoms with Crippen molar-refractivity contribution in [1.82, 2.24) is 10.6 Å². The fourth-order valence-electron chi connectivity index (χ4n) is 2.20. The van der Waals surface area contributed by atoms with Crippen molar-refractivity contribution in [2.75, 3.05) is 6.54 Å². The predicted octanol–water partition coefficient (Wildman–Crippen LogP) is 3.56. The molecule has 0 aliphatic carbocycles. The van der Waals surface area contributed by atoms with Crippen LogP contribution in [-0.4, -0.2) is 24.4 Å². The van der Waals surface area contributed by atoms with Crippen LogP contribution in [0.15, 0.2) is 48.5 Å². The summed E-state index contributed by atoms with van der Waals surface area (Å²) in [5.74, 6) is 0.255. The van der Waals surface area contributed by atoms with Gasteiger partial charge in [0.25, 0.3) is 5.91 Å². The molecule has 2 aromatic rings. The molecule has 26 heavy (non-hydrogen) atoms. The van der Waals surface area contributed by atoms with Gasteiger partial charge in [-0.3, -0.25) is 9.59 Å². The second-order valence-corrected chi connectivity index (χ2v) is 6.36. The zero-order valence-electron chi connectivity index (χ0n) is 14.9. The number of ether oxygens (including phenoxy) is 1. The van der Waals surface area contributed by atoms with E-state index in [4.69, 9.17) is 16.3 Å². The van der Waals surface area contributed by atoms with Crippen LogP contribution in [0.2, 0.25) is 5.02 Å². The van der Waals surface area contributed by atoms with Gasteiger partial charge in [-0.25, -0.2) is 0 Å². The Hall–Kier alpha value is -2.53. The second kappa shape index (κ2) is 9.82. The van der Waals surface area contributed by atoms with E-state index in [9.17, 15) is 9.59 Å². The molecule has 0 spiro atoms. The summed E-state index contributed by atoms with van der Waals surface area (Å²) in [5.41, 5.74) is 1.43. The number of carbonyl (C=O) groups is 2.